The Balaban J connectivity index is 2.03. The van der Waals surface area contributed by atoms with Gasteiger partial charge in [-0.15, -0.1) is 15.3 Å². The van der Waals surface area contributed by atoms with E-state index in [0.717, 1.165) is 6.42 Å². The van der Waals surface area contributed by atoms with Gasteiger partial charge in [0.1, 0.15) is 0 Å². The van der Waals surface area contributed by atoms with Gasteiger partial charge in [-0.25, -0.2) is 0 Å². The predicted octanol–water partition coefficient (Wildman–Crippen LogP) is 1.27. The number of aryl methyl sites for hydroxylation is 1. The number of carbonyl (C=O) groups excluding carboxylic acids is 1. The molecular weight excluding hydrogens is 238 g/mol. The molecule has 0 spiro atoms. The maximum Gasteiger partial charge on any atom is 0.282 e. The second kappa shape index (κ2) is 4.79. The first-order valence-corrected chi connectivity index (χ1v) is 6.36. The second-order valence-corrected chi connectivity index (χ2v) is 5.24. The third kappa shape index (κ3) is 2.60. The van der Waals surface area contributed by atoms with Gasteiger partial charge in [0.05, 0.1) is 0 Å². The number of hydrogen-bond donors (Lipinski definition) is 1. The molecule has 1 N–H and O–H groups in total. The molecule has 17 heavy (non-hydrogen) atoms. The topological polar surface area (TPSA) is 72.2 Å². The first-order valence-electron chi connectivity index (χ1n) is 5.55. The maximum atomic E-state index is 11.8. The van der Waals surface area contributed by atoms with Crippen molar-refractivity contribution in [3.8, 4) is 0 Å². The third-order valence-electron chi connectivity index (χ3n) is 2.35. The Kier molecular flexibility index (Phi) is 3.37. The fourth-order valence-corrected chi connectivity index (χ4v) is 2.16. The van der Waals surface area contributed by atoms with Crippen LogP contribution in [0.4, 0.5) is 0 Å². The van der Waals surface area contributed by atoms with Crippen molar-refractivity contribution >= 4 is 22.2 Å². The Hall–Kier alpha value is -1.50. The summed E-state index contributed by atoms with van der Waals surface area (Å²) in [5, 5.41) is 15.2. The van der Waals surface area contributed by atoms with Crippen molar-refractivity contribution in [2.45, 2.75) is 27.2 Å². The normalized spacial score (nSPS) is 11.3. The molecule has 0 fully saturated rings. The lowest BCUT2D eigenvalue weighted by atomic mass is 10.1. The van der Waals surface area contributed by atoms with Gasteiger partial charge >= 0.3 is 0 Å². The lowest BCUT2D eigenvalue weighted by Crippen LogP contribution is -2.25. The monoisotopic (exact) mass is 253 g/mol. The van der Waals surface area contributed by atoms with Crippen LogP contribution in [0.25, 0.3) is 4.96 Å². The summed E-state index contributed by atoms with van der Waals surface area (Å²) < 4.78 is 1.59. The summed E-state index contributed by atoms with van der Waals surface area (Å²) in [6, 6.07) is 0. The van der Waals surface area contributed by atoms with Gasteiger partial charge in [-0.3, -0.25) is 4.79 Å². The van der Waals surface area contributed by atoms with Gasteiger partial charge in [0.25, 0.3) is 5.91 Å². The summed E-state index contributed by atoms with van der Waals surface area (Å²) in [5.41, 5.74) is 0. The Morgan fingerprint density at radius 3 is 2.88 bits per heavy atom. The average Bonchev–Trinajstić information content (AvgIpc) is 2.81. The number of rotatable bonds is 4. The molecule has 0 unspecified atom stereocenters. The fraction of sp³-hybridized carbons (Fsp3) is 0.600. The van der Waals surface area contributed by atoms with Crippen LogP contribution >= 0.6 is 11.3 Å². The number of amides is 1. The van der Waals surface area contributed by atoms with Crippen molar-refractivity contribution in [2.24, 2.45) is 5.92 Å². The Labute approximate surface area is 103 Å². The minimum absolute atomic E-state index is 0.138. The van der Waals surface area contributed by atoms with E-state index >= 15 is 0 Å². The van der Waals surface area contributed by atoms with E-state index in [1.165, 1.54) is 11.3 Å². The van der Waals surface area contributed by atoms with Crippen molar-refractivity contribution < 1.29 is 4.79 Å². The average molecular weight is 253 g/mol. The first kappa shape index (κ1) is 12.0. The van der Waals surface area contributed by atoms with E-state index in [9.17, 15) is 4.79 Å². The van der Waals surface area contributed by atoms with Crippen LogP contribution in [0.2, 0.25) is 0 Å². The van der Waals surface area contributed by atoms with E-state index in [1.54, 1.807) is 11.4 Å². The second-order valence-electron chi connectivity index (χ2n) is 4.29. The Morgan fingerprint density at radius 1 is 1.47 bits per heavy atom. The van der Waals surface area contributed by atoms with Gasteiger partial charge in [0.2, 0.25) is 9.97 Å². The quantitative estimate of drug-likeness (QED) is 0.890. The van der Waals surface area contributed by atoms with E-state index in [-0.39, 0.29) is 5.91 Å². The van der Waals surface area contributed by atoms with Crippen LogP contribution in [-0.2, 0) is 0 Å². The van der Waals surface area contributed by atoms with Crippen LogP contribution in [0.3, 0.4) is 0 Å². The van der Waals surface area contributed by atoms with Gasteiger partial charge < -0.3 is 5.32 Å². The van der Waals surface area contributed by atoms with Crippen LogP contribution in [0.5, 0.6) is 0 Å². The van der Waals surface area contributed by atoms with Crippen LogP contribution in [-0.4, -0.2) is 32.3 Å². The number of fused-ring (bicyclic) bond motifs is 1. The molecule has 2 aromatic rings. The summed E-state index contributed by atoms with van der Waals surface area (Å²) in [6.07, 6.45) is 0.967. The highest BCUT2D eigenvalue weighted by molar-refractivity contribution is 7.18. The van der Waals surface area contributed by atoms with Crippen molar-refractivity contribution in [3.63, 3.8) is 0 Å². The van der Waals surface area contributed by atoms with E-state index in [4.69, 9.17) is 0 Å². The van der Waals surface area contributed by atoms with E-state index in [1.807, 2.05) is 0 Å². The van der Waals surface area contributed by atoms with Crippen LogP contribution < -0.4 is 5.32 Å². The van der Waals surface area contributed by atoms with E-state index in [0.29, 0.717) is 28.3 Å². The standard InChI is InChI=1S/C10H15N5OS/c1-6(2)4-5-11-8(16)9-14-15-7(3)12-13-10(15)17-9/h6H,4-5H2,1-3H3,(H,11,16). The maximum absolute atomic E-state index is 11.8. The zero-order valence-electron chi connectivity index (χ0n) is 10.1. The summed E-state index contributed by atoms with van der Waals surface area (Å²) >= 11 is 1.25. The van der Waals surface area contributed by atoms with Crippen molar-refractivity contribution in [3.05, 3.63) is 10.8 Å². The minimum Gasteiger partial charge on any atom is -0.350 e. The van der Waals surface area contributed by atoms with Gasteiger partial charge in [0, 0.05) is 6.54 Å². The van der Waals surface area contributed by atoms with Gasteiger partial charge in [-0.2, -0.15) is 4.52 Å². The number of nitrogens with zero attached hydrogens (tertiary/aromatic N) is 4. The molecule has 0 aliphatic heterocycles. The highest BCUT2D eigenvalue weighted by Crippen LogP contribution is 2.13. The first-order chi connectivity index (χ1) is 8.08. The number of hydrogen-bond acceptors (Lipinski definition) is 5. The Bertz CT molecular complexity index is 530. The molecule has 7 heteroatoms. The molecule has 1 amide bonds. The highest BCUT2D eigenvalue weighted by Gasteiger charge is 2.14. The van der Waals surface area contributed by atoms with Crippen LogP contribution in [0.15, 0.2) is 0 Å². The SMILES string of the molecule is Cc1nnc2sc(C(=O)NCCC(C)C)nn12. The molecule has 2 heterocycles. The molecule has 2 rings (SSSR count). The number of carbonyl (C=O) groups is 1. The lowest BCUT2D eigenvalue weighted by Gasteiger charge is -2.04. The molecular formula is C10H15N5OS. The van der Waals surface area contributed by atoms with Crippen molar-refractivity contribution in [1.82, 2.24) is 25.1 Å². The van der Waals surface area contributed by atoms with Gasteiger partial charge in [-0.1, -0.05) is 25.2 Å². The van der Waals surface area contributed by atoms with Crippen LogP contribution in [0.1, 0.15) is 35.9 Å². The smallest absolute Gasteiger partial charge is 0.282 e. The summed E-state index contributed by atoms with van der Waals surface area (Å²) in [7, 11) is 0. The molecule has 0 atom stereocenters. The van der Waals surface area contributed by atoms with Gasteiger partial charge in [0.15, 0.2) is 5.82 Å². The summed E-state index contributed by atoms with van der Waals surface area (Å²) in [6.45, 7) is 6.73. The molecule has 2 aromatic heterocycles. The summed E-state index contributed by atoms with van der Waals surface area (Å²) in [5.74, 6) is 1.13. The Morgan fingerprint density at radius 2 is 2.24 bits per heavy atom. The molecule has 92 valence electrons. The molecule has 0 aliphatic rings. The number of nitrogens with one attached hydrogen (secondary N) is 1. The van der Waals surface area contributed by atoms with E-state index < -0.39 is 0 Å². The molecule has 6 nitrogen and oxygen atoms in total. The predicted molar refractivity (Wildman–Crippen MR) is 65.2 cm³/mol. The van der Waals surface area contributed by atoms with Crippen molar-refractivity contribution in [1.29, 1.82) is 0 Å². The number of aromatic nitrogens is 4. The molecule has 0 bridgehead atoms. The van der Waals surface area contributed by atoms with Crippen molar-refractivity contribution in [2.75, 3.05) is 6.54 Å². The molecule has 0 radical (unpaired) electrons. The fourth-order valence-electron chi connectivity index (χ4n) is 1.36. The third-order valence-corrected chi connectivity index (χ3v) is 3.25. The molecule has 0 saturated heterocycles. The lowest BCUT2D eigenvalue weighted by molar-refractivity contribution is 0.0950. The minimum atomic E-state index is -0.138. The molecule has 0 saturated carbocycles. The van der Waals surface area contributed by atoms with Gasteiger partial charge in [-0.05, 0) is 19.3 Å². The zero-order valence-corrected chi connectivity index (χ0v) is 10.9. The molecule has 0 aromatic carbocycles. The van der Waals surface area contributed by atoms with Crippen LogP contribution in [0, 0.1) is 12.8 Å². The largest absolute Gasteiger partial charge is 0.350 e. The zero-order chi connectivity index (χ0) is 12.4. The summed E-state index contributed by atoms with van der Waals surface area (Å²) in [4.78, 5) is 12.4. The van der Waals surface area contributed by atoms with E-state index in [2.05, 4.69) is 34.5 Å². The molecule has 0 aliphatic carbocycles. The highest BCUT2D eigenvalue weighted by atomic mass is 32.1.